The van der Waals surface area contributed by atoms with Crippen LogP contribution >= 0.6 is 0 Å². The highest BCUT2D eigenvalue weighted by Gasteiger charge is 2.20. The monoisotopic (exact) mass is 731 g/mol. The van der Waals surface area contributed by atoms with Gasteiger partial charge in [-0.25, -0.2) is 0 Å². The lowest BCUT2D eigenvalue weighted by Crippen LogP contribution is -2.29. The van der Waals surface area contributed by atoms with Gasteiger partial charge in [-0.15, -0.1) is 0 Å². The summed E-state index contributed by atoms with van der Waals surface area (Å²) in [6.07, 6.45) is 7.94. The molecule has 0 saturated heterocycles. The number of amidine groups is 1. The van der Waals surface area contributed by atoms with Crippen molar-refractivity contribution >= 4 is 34.4 Å². The Bertz CT molecular complexity index is 2640. The first-order valence-corrected chi connectivity index (χ1v) is 19.1. The molecular weight excluding hydrogens is 687 g/mol. The average molecular weight is 732 g/mol. The van der Waals surface area contributed by atoms with Gasteiger partial charge in [0.2, 0.25) is 0 Å². The summed E-state index contributed by atoms with van der Waals surface area (Å²) in [5.74, 6) is 1.57. The minimum atomic E-state index is -0.541. The molecule has 6 heteroatoms. The van der Waals surface area contributed by atoms with Crippen LogP contribution in [0.3, 0.4) is 0 Å². The molecule has 56 heavy (non-hydrogen) atoms. The van der Waals surface area contributed by atoms with Crippen molar-refractivity contribution in [3.63, 3.8) is 0 Å². The van der Waals surface area contributed by atoms with Crippen molar-refractivity contribution in [2.75, 3.05) is 7.11 Å². The van der Waals surface area contributed by atoms with Crippen molar-refractivity contribution in [1.82, 2.24) is 9.88 Å². The van der Waals surface area contributed by atoms with Crippen LogP contribution in [-0.4, -0.2) is 24.2 Å². The van der Waals surface area contributed by atoms with Crippen molar-refractivity contribution in [2.45, 2.75) is 39.4 Å². The summed E-state index contributed by atoms with van der Waals surface area (Å²) < 4.78 is 8.08. The number of nitrogens with one attached hydrogen (secondary N) is 1. The number of benzene rings is 6. The number of fused-ring (bicyclic) bond motifs is 3. The Labute approximate surface area is 329 Å². The maximum Gasteiger partial charge on any atom is 0.145 e. The quantitative estimate of drug-likeness (QED) is 0.112. The van der Waals surface area contributed by atoms with Gasteiger partial charge in [-0.05, 0) is 89.8 Å². The molecule has 0 amide bonds. The van der Waals surface area contributed by atoms with Gasteiger partial charge >= 0.3 is 0 Å². The highest BCUT2D eigenvalue weighted by Crippen LogP contribution is 2.39. The maximum atomic E-state index is 10.2. The molecule has 6 nitrogen and oxygen atoms in total. The van der Waals surface area contributed by atoms with E-state index in [-0.39, 0.29) is 0 Å². The van der Waals surface area contributed by atoms with Crippen molar-refractivity contribution in [1.29, 1.82) is 5.26 Å². The van der Waals surface area contributed by atoms with Gasteiger partial charge in [-0.1, -0.05) is 129 Å². The topological polar surface area (TPSA) is 74.7 Å². The zero-order chi connectivity index (χ0) is 38.9. The summed E-state index contributed by atoms with van der Waals surface area (Å²) in [4.78, 5) is 9.75. The van der Waals surface area contributed by atoms with E-state index in [1.807, 2.05) is 74.5 Å². The van der Waals surface area contributed by atoms with Gasteiger partial charge in [-0.3, -0.25) is 9.98 Å². The molecule has 0 radical (unpaired) electrons. The van der Waals surface area contributed by atoms with Crippen LogP contribution in [0.4, 0.5) is 0 Å². The minimum Gasteiger partial charge on any atom is -0.496 e. The zero-order valence-corrected chi connectivity index (χ0v) is 32.1. The summed E-state index contributed by atoms with van der Waals surface area (Å²) in [6.45, 7) is 8.59. The smallest absolute Gasteiger partial charge is 0.145 e. The molecule has 0 saturated carbocycles. The lowest BCUT2D eigenvalue weighted by molar-refractivity contribution is 0.416. The lowest BCUT2D eigenvalue weighted by Gasteiger charge is -2.22. The fraction of sp³-hybridized carbons (Fsp3) is 0.140. The van der Waals surface area contributed by atoms with E-state index in [9.17, 15) is 5.26 Å². The molecule has 7 aromatic rings. The van der Waals surface area contributed by atoms with Gasteiger partial charge in [-0.2, -0.15) is 5.26 Å². The molecule has 0 bridgehead atoms. The fourth-order valence-electron chi connectivity index (χ4n) is 7.34. The third kappa shape index (κ3) is 7.66. The molecule has 1 unspecified atom stereocenters. The Balaban J connectivity index is 0.00000237. The zero-order valence-electron chi connectivity index (χ0n) is 32.1. The number of nitriles is 1. The van der Waals surface area contributed by atoms with E-state index in [1.54, 1.807) is 7.11 Å². The fourth-order valence-corrected chi connectivity index (χ4v) is 7.34. The highest BCUT2D eigenvalue weighted by atomic mass is 16.5. The van der Waals surface area contributed by atoms with Crippen LogP contribution in [-0.2, 0) is 6.54 Å². The molecule has 1 heterocycles. The van der Waals surface area contributed by atoms with Gasteiger partial charge in [0.1, 0.15) is 17.8 Å². The number of hydrogen-bond donors (Lipinski definition) is 1. The van der Waals surface area contributed by atoms with E-state index in [1.165, 1.54) is 0 Å². The highest BCUT2D eigenvalue weighted by molar-refractivity contribution is 6.10. The minimum absolute atomic E-state index is 0.523. The summed E-state index contributed by atoms with van der Waals surface area (Å²) in [5.41, 5.74) is 10.5. The number of nitrogens with zero attached hydrogens (tertiary/aromatic N) is 4. The van der Waals surface area contributed by atoms with Crippen LogP contribution in [0, 0.1) is 11.3 Å². The first-order chi connectivity index (χ1) is 27.6. The lowest BCUT2D eigenvalue weighted by atomic mass is 9.96. The molecule has 1 N–H and O–H groups in total. The van der Waals surface area contributed by atoms with Crippen LogP contribution in [0.15, 0.2) is 173 Å². The van der Waals surface area contributed by atoms with E-state index in [0.29, 0.717) is 12.1 Å². The van der Waals surface area contributed by atoms with Gasteiger partial charge in [0.15, 0.2) is 0 Å². The number of allylic oxidation sites excluding steroid dienone is 2. The van der Waals surface area contributed by atoms with E-state index in [4.69, 9.17) is 9.73 Å². The SMILES string of the molecule is C=NC(NC(=NCc1ccccc1)C1=CCCC=C1)c1cc(-c2ccccc2C#N)cc(-n2c3ccccc3c3ccc(-c4ccccc4OC)cc32)c1.CC. The Morgan fingerprint density at radius 1 is 0.786 bits per heavy atom. The molecule has 8 rings (SSSR count). The molecule has 1 aliphatic carbocycles. The van der Waals surface area contributed by atoms with E-state index in [0.717, 1.165) is 90.9 Å². The van der Waals surface area contributed by atoms with Crippen LogP contribution in [0.1, 0.15) is 49.5 Å². The second kappa shape index (κ2) is 17.4. The third-order valence-corrected chi connectivity index (χ3v) is 9.95. The second-order valence-electron chi connectivity index (χ2n) is 13.3. The predicted octanol–water partition coefficient (Wildman–Crippen LogP) is 12.2. The Morgan fingerprint density at radius 2 is 1.52 bits per heavy atom. The van der Waals surface area contributed by atoms with E-state index < -0.39 is 6.17 Å². The summed E-state index contributed by atoms with van der Waals surface area (Å²) in [5, 5.41) is 16.2. The summed E-state index contributed by atoms with van der Waals surface area (Å²) in [6, 6.07) is 50.0. The predicted molar refractivity (Wildman–Crippen MR) is 234 cm³/mol. The van der Waals surface area contributed by atoms with Crippen molar-refractivity contribution in [2.24, 2.45) is 9.98 Å². The standard InChI is InChI=1S/C48H39N5O.C2H6/c1-50-47(52-48(34-17-7-4-8-18-34)51-32-33-15-5-3-6-16-33)38-27-37(40-20-10-9-19-36(40)31-49)28-39(29-38)53-44-23-13-11-22-42(44)43-26-25-35(30-45(43)53)41-21-12-14-24-46(41)54-2;1-2/h3,5-7,9-30,47H,1,4,8,32H2,2H3,(H,51,52);1-2H3. The normalized spacial score (nSPS) is 13.0. The molecule has 0 aliphatic heterocycles. The van der Waals surface area contributed by atoms with Crippen LogP contribution in [0.5, 0.6) is 5.75 Å². The molecule has 1 aliphatic rings. The van der Waals surface area contributed by atoms with Gasteiger partial charge < -0.3 is 14.6 Å². The first-order valence-electron chi connectivity index (χ1n) is 19.1. The number of aliphatic imine (C=N–C) groups is 2. The number of para-hydroxylation sites is 2. The molecule has 1 atom stereocenters. The van der Waals surface area contributed by atoms with Crippen molar-refractivity contribution < 1.29 is 4.74 Å². The summed E-state index contributed by atoms with van der Waals surface area (Å²) >= 11 is 0. The molecule has 276 valence electrons. The van der Waals surface area contributed by atoms with Crippen LogP contribution in [0.2, 0.25) is 0 Å². The van der Waals surface area contributed by atoms with Gasteiger partial charge in [0, 0.05) is 27.6 Å². The molecule has 0 spiro atoms. The Kier molecular flexibility index (Phi) is 11.6. The summed E-state index contributed by atoms with van der Waals surface area (Å²) in [7, 11) is 1.71. The molecule has 6 aromatic carbocycles. The second-order valence-corrected chi connectivity index (χ2v) is 13.3. The molecule has 1 aromatic heterocycles. The number of rotatable bonds is 10. The molecule has 0 fully saturated rings. The maximum absolute atomic E-state index is 10.2. The van der Waals surface area contributed by atoms with Crippen LogP contribution < -0.4 is 10.1 Å². The number of ether oxygens (including phenoxy) is 1. The third-order valence-electron chi connectivity index (χ3n) is 9.95. The first kappa shape index (κ1) is 37.3. The van der Waals surface area contributed by atoms with Gasteiger partial charge in [0.05, 0.1) is 36.3 Å². The van der Waals surface area contributed by atoms with E-state index in [2.05, 4.69) is 125 Å². The average Bonchev–Trinajstić information content (AvgIpc) is 3.61. The number of hydrogen-bond acceptors (Lipinski definition) is 4. The Morgan fingerprint density at radius 3 is 2.29 bits per heavy atom. The van der Waals surface area contributed by atoms with Crippen LogP contribution in [0.25, 0.3) is 49.7 Å². The number of aromatic nitrogens is 1. The van der Waals surface area contributed by atoms with E-state index >= 15 is 0 Å². The largest absolute Gasteiger partial charge is 0.496 e. The Hall–Kier alpha value is -6.97. The van der Waals surface area contributed by atoms with Gasteiger partial charge in [0.25, 0.3) is 0 Å². The molecular formula is C50H45N5O. The van der Waals surface area contributed by atoms with Crippen molar-refractivity contribution in [3.8, 4) is 39.8 Å². The number of methoxy groups -OCH3 is 1. The van der Waals surface area contributed by atoms with Crippen molar-refractivity contribution in [3.05, 3.63) is 180 Å².